The highest BCUT2D eigenvalue weighted by Gasteiger charge is 2.17. The molecular weight excluding hydrogens is 332 g/mol. The zero-order valence-electron chi connectivity index (χ0n) is 15.4. The van der Waals surface area contributed by atoms with Crippen LogP contribution in [-0.4, -0.2) is 25.5 Å². The van der Waals surface area contributed by atoms with Crippen LogP contribution in [0, 0.1) is 6.92 Å². The van der Waals surface area contributed by atoms with Gasteiger partial charge in [-0.25, -0.2) is 4.79 Å². The molecule has 0 aliphatic rings. The maximum Gasteiger partial charge on any atom is 0.330 e. The van der Waals surface area contributed by atoms with E-state index in [4.69, 9.17) is 13.9 Å². The molecule has 0 radical (unpaired) electrons. The van der Waals surface area contributed by atoms with Gasteiger partial charge in [-0.15, -0.1) is 0 Å². The van der Waals surface area contributed by atoms with Crippen LogP contribution in [0.3, 0.4) is 0 Å². The van der Waals surface area contributed by atoms with Gasteiger partial charge in [-0.1, -0.05) is 30.4 Å². The fraction of sp³-hybridized carbons (Fsp3) is 0.238. The zero-order valence-corrected chi connectivity index (χ0v) is 15.4. The number of Topliss-reactive ketones (excluding diaryl/α,β-unsaturated/α-hetero) is 1. The molecule has 1 aromatic carbocycles. The Morgan fingerprint density at radius 3 is 2.54 bits per heavy atom. The van der Waals surface area contributed by atoms with Crippen molar-refractivity contribution in [2.24, 2.45) is 0 Å². The fourth-order valence-electron chi connectivity index (χ4n) is 2.55. The average molecular weight is 354 g/mol. The number of esters is 1. The number of methoxy groups -OCH3 is 1. The fourth-order valence-corrected chi connectivity index (χ4v) is 2.55. The zero-order chi connectivity index (χ0) is 19.1. The largest absolute Gasteiger partial charge is 0.496 e. The van der Waals surface area contributed by atoms with Gasteiger partial charge in [0.05, 0.1) is 19.3 Å². The molecule has 0 bridgehead atoms. The van der Waals surface area contributed by atoms with Gasteiger partial charge in [0, 0.05) is 17.2 Å². The quantitative estimate of drug-likeness (QED) is 0.320. The third-order valence-corrected chi connectivity index (χ3v) is 3.74. The molecule has 2 rings (SSSR count). The van der Waals surface area contributed by atoms with Crippen LogP contribution in [0.2, 0.25) is 0 Å². The third-order valence-electron chi connectivity index (χ3n) is 3.74. The molecule has 26 heavy (non-hydrogen) atoms. The smallest absolute Gasteiger partial charge is 0.330 e. The van der Waals surface area contributed by atoms with Crippen molar-refractivity contribution in [3.05, 3.63) is 71.2 Å². The lowest BCUT2D eigenvalue weighted by atomic mass is 10.0. The Hall–Kier alpha value is -3.08. The molecule has 5 nitrogen and oxygen atoms in total. The van der Waals surface area contributed by atoms with E-state index in [1.54, 1.807) is 39.2 Å². The number of ether oxygens (including phenoxy) is 2. The summed E-state index contributed by atoms with van der Waals surface area (Å²) in [6.07, 6.45) is 4.66. The van der Waals surface area contributed by atoms with E-state index < -0.39 is 5.97 Å². The van der Waals surface area contributed by atoms with Gasteiger partial charge in [0.25, 0.3) is 0 Å². The van der Waals surface area contributed by atoms with E-state index in [0.717, 1.165) is 5.56 Å². The molecular formula is C21H22O5. The number of para-hydroxylation sites is 1. The Bertz CT molecular complexity index is 855. The maximum atomic E-state index is 11.8. The average Bonchev–Trinajstić information content (AvgIpc) is 3.00. The van der Waals surface area contributed by atoms with E-state index in [2.05, 4.69) is 0 Å². The summed E-state index contributed by atoms with van der Waals surface area (Å²) in [5.41, 5.74) is 2.00. The van der Waals surface area contributed by atoms with Crippen molar-refractivity contribution in [1.82, 2.24) is 0 Å². The summed E-state index contributed by atoms with van der Waals surface area (Å²) in [6, 6.07) is 9.16. The topological polar surface area (TPSA) is 65.7 Å². The van der Waals surface area contributed by atoms with Gasteiger partial charge in [0.2, 0.25) is 0 Å². The summed E-state index contributed by atoms with van der Waals surface area (Å²) >= 11 is 0. The first-order chi connectivity index (χ1) is 12.5. The van der Waals surface area contributed by atoms with Gasteiger partial charge in [0.1, 0.15) is 17.3 Å². The van der Waals surface area contributed by atoms with Crippen molar-refractivity contribution < 1.29 is 23.5 Å². The number of ketones is 1. The second-order valence-corrected chi connectivity index (χ2v) is 5.53. The van der Waals surface area contributed by atoms with Crippen molar-refractivity contribution in [1.29, 1.82) is 0 Å². The molecule has 1 aromatic heterocycles. The van der Waals surface area contributed by atoms with E-state index in [1.807, 2.05) is 24.3 Å². The number of carbonyl (C=O) groups is 2. The lowest BCUT2D eigenvalue weighted by Crippen LogP contribution is -1.98. The number of hydrogen-bond donors (Lipinski definition) is 0. The first-order valence-electron chi connectivity index (χ1n) is 8.28. The van der Waals surface area contributed by atoms with E-state index in [9.17, 15) is 9.59 Å². The van der Waals surface area contributed by atoms with Gasteiger partial charge in [0.15, 0.2) is 5.78 Å². The Morgan fingerprint density at radius 2 is 1.92 bits per heavy atom. The van der Waals surface area contributed by atoms with Crippen molar-refractivity contribution in [3.8, 4) is 5.75 Å². The molecule has 5 heteroatoms. The monoisotopic (exact) mass is 354 g/mol. The number of furan rings is 1. The highest BCUT2D eigenvalue weighted by atomic mass is 16.5. The van der Waals surface area contributed by atoms with Gasteiger partial charge in [-0.2, -0.15) is 0 Å². The predicted octanol–water partition coefficient (Wildman–Crippen LogP) is 4.35. The van der Waals surface area contributed by atoms with Gasteiger partial charge >= 0.3 is 5.97 Å². The minimum Gasteiger partial charge on any atom is -0.496 e. The number of benzene rings is 1. The number of hydrogen-bond acceptors (Lipinski definition) is 5. The summed E-state index contributed by atoms with van der Waals surface area (Å²) in [5, 5.41) is 0. The summed E-state index contributed by atoms with van der Waals surface area (Å²) in [5.74, 6) is 1.22. The molecule has 1 heterocycles. The van der Waals surface area contributed by atoms with Crippen LogP contribution in [0.1, 0.15) is 41.3 Å². The van der Waals surface area contributed by atoms with E-state index in [0.29, 0.717) is 35.0 Å². The third kappa shape index (κ3) is 4.51. The number of aryl methyl sites for hydroxylation is 1. The SMILES string of the molecule is CCOC(=O)/C=C\C=C(/c1cc(C(C)=O)c(C)o1)c1ccccc1OC. The Labute approximate surface area is 152 Å². The number of rotatable bonds is 7. The molecule has 0 saturated heterocycles. The van der Waals surface area contributed by atoms with E-state index in [-0.39, 0.29) is 5.78 Å². The van der Waals surface area contributed by atoms with Gasteiger partial charge in [-0.05, 0) is 32.9 Å². The van der Waals surface area contributed by atoms with Gasteiger partial charge in [-0.3, -0.25) is 4.79 Å². The van der Waals surface area contributed by atoms with Crippen LogP contribution in [-0.2, 0) is 9.53 Å². The van der Waals surface area contributed by atoms with E-state index >= 15 is 0 Å². The second kappa shape index (κ2) is 8.85. The van der Waals surface area contributed by atoms with Crippen LogP contribution in [0.5, 0.6) is 5.75 Å². The summed E-state index contributed by atoms with van der Waals surface area (Å²) < 4.78 is 16.1. The highest BCUT2D eigenvalue weighted by Crippen LogP contribution is 2.33. The van der Waals surface area contributed by atoms with Crippen LogP contribution < -0.4 is 4.74 Å². The van der Waals surface area contributed by atoms with Crippen molar-refractivity contribution in [2.75, 3.05) is 13.7 Å². The summed E-state index contributed by atoms with van der Waals surface area (Å²) in [7, 11) is 1.58. The second-order valence-electron chi connectivity index (χ2n) is 5.53. The standard InChI is InChI=1S/C21H22O5/c1-5-25-21(23)12-8-10-17(16-9-6-7-11-19(16)24-4)20-13-18(14(2)22)15(3)26-20/h6-13H,5H2,1-4H3/b12-8-,17-10-. The summed E-state index contributed by atoms with van der Waals surface area (Å²) in [4.78, 5) is 23.3. The molecule has 0 N–H and O–H groups in total. The molecule has 0 atom stereocenters. The van der Waals surface area contributed by atoms with Crippen LogP contribution >= 0.6 is 0 Å². The van der Waals surface area contributed by atoms with Crippen LogP contribution in [0.4, 0.5) is 0 Å². The molecule has 136 valence electrons. The maximum absolute atomic E-state index is 11.8. The Morgan fingerprint density at radius 1 is 1.19 bits per heavy atom. The Balaban J connectivity index is 2.53. The highest BCUT2D eigenvalue weighted by molar-refractivity contribution is 5.96. The molecule has 0 unspecified atom stereocenters. The van der Waals surface area contributed by atoms with Gasteiger partial charge < -0.3 is 13.9 Å². The Kier molecular flexibility index (Phi) is 6.55. The lowest BCUT2D eigenvalue weighted by molar-refractivity contribution is -0.137. The minimum atomic E-state index is -0.428. The first kappa shape index (κ1) is 19.2. The summed E-state index contributed by atoms with van der Waals surface area (Å²) in [6.45, 7) is 5.30. The molecule has 0 aliphatic heterocycles. The number of carbonyl (C=O) groups excluding carboxylic acids is 2. The molecule has 0 saturated carbocycles. The predicted molar refractivity (Wildman–Crippen MR) is 99.3 cm³/mol. The lowest BCUT2D eigenvalue weighted by Gasteiger charge is -2.10. The van der Waals surface area contributed by atoms with Crippen LogP contribution in [0.25, 0.3) is 5.57 Å². The molecule has 2 aromatic rings. The van der Waals surface area contributed by atoms with Crippen LogP contribution in [0.15, 0.2) is 53.0 Å². The van der Waals surface area contributed by atoms with Crippen molar-refractivity contribution in [2.45, 2.75) is 20.8 Å². The normalized spacial score (nSPS) is 11.6. The molecule has 0 fully saturated rings. The number of allylic oxidation sites excluding steroid dienone is 2. The molecule has 0 spiro atoms. The molecule has 0 amide bonds. The van der Waals surface area contributed by atoms with E-state index in [1.165, 1.54) is 13.0 Å². The first-order valence-corrected chi connectivity index (χ1v) is 8.28. The molecule has 0 aliphatic carbocycles. The minimum absolute atomic E-state index is 0.0704. The van der Waals surface area contributed by atoms with Crippen molar-refractivity contribution >= 4 is 17.3 Å². The van der Waals surface area contributed by atoms with Crippen molar-refractivity contribution in [3.63, 3.8) is 0 Å².